The summed E-state index contributed by atoms with van der Waals surface area (Å²) in [6.45, 7) is 2.80. The first-order valence-electron chi connectivity index (χ1n) is 10.9. The van der Waals surface area contributed by atoms with Crippen LogP contribution in [0.3, 0.4) is 0 Å². The largest absolute Gasteiger partial charge is 0.495 e. The van der Waals surface area contributed by atoms with Crippen LogP contribution in [0.5, 0.6) is 5.75 Å². The number of piperazine rings is 1. The van der Waals surface area contributed by atoms with Crippen molar-refractivity contribution in [2.45, 2.75) is 11.3 Å². The zero-order valence-corrected chi connectivity index (χ0v) is 19.9. The van der Waals surface area contributed by atoms with E-state index in [4.69, 9.17) is 4.74 Å². The number of hydrogen-bond acceptors (Lipinski definition) is 8. The van der Waals surface area contributed by atoms with E-state index in [1.165, 1.54) is 11.8 Å². The minimum atomic E-state index is -2.96. The molecule has 3 aliphatic rings. The van der Waals surface area contributed by atoms with Gasteiger partial charge in [-0.1, -0.05) is 23.9 Å². The molecule has 0 bridgehead atoms. The fraction of sp³-hybridized carbons (Fsp3) is 0.391. The third-order valence-corrected chi connectivity index (χ3v) is 9.34. The van der Waals surface area contributed by atoms with E-state index in [9.17, 15) is 13.2 Å². The predicted octanol–water partition coefficient (Wildman–Crippen LogP) is 2.34. The SMILES string of the molecule is COc1ccccc1N1CCN(C(=O)c2ccc(NC3=N[C@H]4CS(=O)(=O)C[C@H]4S3)cc2)CC1. The quantitative estimate of drug-likeness (QED) is 0.709. The average molecular weight is 487 g/mol. The number of rotatable bonds is 4. The molecule has 2 saturated heterocycles. The molecule has 0 spiro atoms. The average Bonchev–Trinajstić information content (AvgIpc) is 3.31. The molecule has 0 unspecified atom stereocenters. The fourth-order valence-electron chi connectivity index (χ4n) is 4.46. The number of para-hydroxylation sites is 2. The number of aliphatic imine (C=N–C) groups is 1. The molecule has 33 heavy (non-hydrogen) atoms. The Kier molecular flexibility index (Phi) is 5.96. The number of thioether (sulfide) groups is 1. The van der Waals surface area contributed by atoms with Crippen LogP contribution in [0.1, 0.15) is 10.4 Å². The van der Waals surface area contributed by atoms with Crippen molar-refractivity contribution in [3.63, 3.8) is 0 Å². The second-order valence-electron chi connectivity index (χ2n) is 8.39. The van der Waals surface area contributed by atoms with Crippen molar-refractivity contribution in [1.29, 1.82) is 0 Å². The third-order valence-electron chi connectivity index (χ3n) is 6.19. The first-order chi connectivity index (χ1) is 15.9. The molecule has 0 saturated carbocycles. The van der Waals surface area contributed by atoms with Crippen LogP contribution in [0.4, 0.5) is 11.4 Å². The van der Waals surface area contributed by atoms with Crippen LogP contribution in [-0.2, 0) is 9.84 Å². The van der Waals surface area contributed by atoms with Gasteiger partial charge in [0.2, 0.25) is 0 Å². The number of hydrogen-bond donors (Lipinski definition) is 1. The first kappa shape index (κ1) is 22.1. The number of fused-ring (bicyclic) bond motifs is 1. The maximum atomic E-state index is 13.0. The zero-order valence-electron chi connectivity index (χ0n) is 18.3. The maximum absolute atomic E-state index is 13.0. The van der Waals surface area contributed by atoms with Gasteiger partial charge in [0.1, 0.15) is 5.75 Å². The molecule has 2 fully saturated rings. The number of nitrogens with one attached hydrogen (secondary N) is 1. The summed E-state index contributed by atoms with van der Waals surface area (Å²) in [6.07, 6.45) is 0. The van der Waals surface area contributed by atoms with Gasteiger partial charge < -0.3 is 19.9 Å². The lowest BCUT2D eigenvalue weighted by Crippen LogP contribution is -2.48. The molecular formula is C23H26N4O4S2. The number of carbonyl (C=O) groups is 1. The summed E-state index contributed by atoms with van der Waals surface area (Å²) in [5.41, 5.74) is 2.54. The standard InChI is InChI=1S/C23H26N4O4S2/c1-31-20-5-3-2-4-19(20)26-10-12-27(13-11-26)22(28)16-6-8-17(9-7-16)24-23-25-18-14-33(29,30)15-21(18)32-23/h2-9,18,21H,10-15H2,1H3,(H,24,25)/t18-,21+/m0/s1. The van der Waals surface area contributed by atoms with Gasteiger partial charge in [-0.15, -0.1) is 0 Å². The van der Waals surface area contributed by atoms with E-state index < -0.39 is 9.84 Å². The minimum absolute atomic E-state index is 0.00729. The summed E-state index contributed by atoms with van der Waals surface area (Å²) in [4.78, 5) is 21.6. The first-order valence-corrected chi connectivity index (χ1v) is 13.6. The number of sulfone groups is 1. The van der Waals surface area contributed by atoms with Crippen LogP contribution in [0.2, 0.25) is 0 Å². The topological polar surface area (TPSA) is 91.3 Å². The Morgan fingerprint density at radius 2 is 1.79 bits per heavy atom. The Labute approximate surface area is 197 Å². The summed E-state index contributed by atoms with van der Waals surface area (Å²) < 4.78 is 28.9. The summed E-state index contributed by atoms with van der Waals surface area (Å²) >= 11 is 1.48. The highest BCUT2D eigenvalue weighted by Crippen LogP contribution is 2.34. The molecule has 3 aliphatic heterocycles. The molecule has 3 heterocycles. The van der Waals surface area contributed by atoms with E-state index in [1.807, 2.05) is 53.4 Å². The lowest BCUT2D eigenvalue weighted by molar-refractivity contribution is 0.0746. The van der Waals surface area contributed by atoms with E-state index in [0.29, 0.717) is 18.7 Å². The lowest BCUT2D eigenvalue weighted by atomic mass is 10.1. The number of ether oxygens (including phenoxy) is 1. The van der Waals surface area contributed by atoms with Crippen molar-refractivity contribution >= 4 is 44.0 Å². The van der Waals surface area contributed by atoms with Crippen LogP contribution in [0, 0.1) is 0 Å². The summed E-state index contributed by atoms with van der Waals surface area (Å²) in [5.74, 6) is 1.19. The molecule has 1 N–H and O–H groups in total. The molecule has 0 radical (unpaired) electrons. The van der Waals surface area contributed by atoms with Crippen molar-refractivity contribution in [2.75, 3.05) is 55.0 Å². The number of anilines is 2. The van der Waals surface area contributed by atoms with Gasteiger partial charge >= 0.3 is 0 Å². The molecule has 0 aliphatic carbocycles. The summed E-state index contributed by atoms with van der Waals surface area (Å²) in [6, 6.07) is 15.2. The normalized spacial score (nSPS) is 23.7. The number of amidine groups is 1. The van der Waals surface area contributed by atoms with Gasteiger partial charge in [0.25, 0.3) is 5.91 Å². The van der Waals surface area contributed by atoms with Crippen LogP contribution >= 0.6 is 11.8 Å². The van der Waals surface area contributed by atoms with Gasteiger partial charge in [0.05, 0.1) is 30.3 Å². The molecule has 10 heteroatoms. The van der Waals surface area contributed by atoms with E-state index in [1.54, 1.807) is 7.11 Å². The molecule has 1 amide bonds. The van der Waals surface area contributed by atoms with E-state index in [0.717, 1.165) is 35.4 Å². The summed E-state index contributed by atoms with van der Waals surface area (Å²) in [7, 11) is -1.29. The van der Waals surface area contributed by atoms with Crippen molar-refractivity contribution in [1.82, 2.24) is 4.90 Å². The van der Waals surface area contributed by atoms with E-state index >= 15 is 0 Å². The smallest absolute Gasteiger partial charge is 0.253 e. The second-order valence-corrected chi connectivity index (χ2v) is 11.8. The van der Waals surface area contributed by atoms with Gasteiger partial charge in [-0.25, -0.2) is 8.42 Å². The number of amides is 1. The van der Waals surface area contributed by atoms with E-state index in [2.05, 4.69) is 15.2 Å². The van der Waals surface area contributed by atoms with Crippen LogP contribution in [0.15, 0.2) is 53.5 Å². The highest BCUT2D eigenvalue weighted by atomic mass is 32.2. The number of nitrogens with zero attached hydrogens (tertiary/aromatic N) is 3. The Balaban J connectivity index is 1.17. The lowest BCUT2D eigenvalue weighted by Gasteiger charge is -2.36. The van der Waals surface area contributed by atoms with Crippen LogP contribution < -0.4 is 15.0 Å². The van der Waals surface area contributed by atoms with Gasteiger partial charge in [0.15, 0.2) is 15.0 Å². The van der Waals surface area contributed by atoms with Crippen molar-refractivity contribution < 1.29 is 17.9 Å². The highest BCUT2D eigenvalue weighted by Gasteiger charge is 2.42. The highest BCUT2D eigenvalue weighted by molar-refractivity contribution is 8.15. The van der Waals surface area contributed by atoms with Gasteiger partial charge in [-0.05, 0) is 36.4 Å². The van der Waals surface area contributed by atoms with Crippen LogP contribution in [0.25, 0.3) is 0 Å². The Morgan fingerprint density at radius 1 is 1.06 bits per heavy atom. The molecule has 5 rings (SSSR count). The van der Waals surface area contributed by atoms with Crippen molar-refractivity contribution in [3.8, 4) is 5.75 Å². The van der Waals surface area contributed by atoms with Gasteiger partial charge in [-0.3, -0.25) is 9.79 Å². The molecule has 8 nitrogen and oxygen atoms in total. The summed E-state index contributed by atoms with van der Waals surface area (Å²) in [5, 5.41) is 4.00. The van der Waals surface area contributed by atoms with Crippen molar-refractivity contribution in [3.05, 3.63) is 54.1 Å². The Morgan fingerprint density at radius 3 is 2.48 bits per heavy atom. The number of methoxy groups -OCH3 is 1. The Hall–Kier alpha value is -2.72. The van der Waals surface area contributed by atoms with E-state index in [-0.39, 0.29) is 28.7 Å². The van der Waals surface area contributed by atoms with Crippen LogP contribution in [-0.4, -0.2) is 80.5 Å². The van der Waals surface area contributed by atoms with Gasteiger partial charge in [-0.2, -0.15) is 0 Å². The molecule has 174 valence electrons. The molecule has 2 aromatic carbocycles. The third kappa shape index (κ3) is 4.67. The zero-order chi connectivity index (χ0) is 23.0. The monoisotopic (exact) mass is 486 g/mol. The maximum Gasteiger partial charge on any atom is 0.253 e. The Bertz CT molecular complexity index is 1180. The minimum Gasteiger partial charge on any atom is -0.495 e. The molecular weight excluding hydrogens is 460 g/mol. The molecule has 2 atom stereocenters. The second kappa shape index (κ2) is 8.90. The molecule has 2 aromatic rings. The fourth-order valence-corrected chi connectivity index (χ4v) is 8.14. The number of benzene rings is 2. The van der Waals surface area contributed by atoms with Gasteiger partial charge in [0, 0.05) is 42.7 Å². The predicted molar refractivity (Wildman–Crippen MR) is 132 cm³/mol. The number of carbonyl (C=O) groups excluding carboxylic acids is 1. The van der Waals surface area contributed by atoms with Crippen molar-refractivity contribution in [2.24, 2.45) is 4.99 Å². The molecule has 0 aromatic heterocycles.